The monoisotopic (exact) mass is 362 g/mol. The van der Waals surface area contributed by atoms with Crippen LogP contribution in [0.1, 0.15) is 21.6 Å². The van der Waals surface area contributed by atoms with E-state index in [0.29, 0.717) is 24.6 Å². The van der Waals surface area contributed by atoms with Gasteiger partial charge in [0.25, 0.3) is 5.91 Å². The third kappa shape index (κ3) is 3.40. The zero-order valence-corrected chi connectivity index (χ0v) is 15.5. The average molecular weight is 362 g/mol. The van der Waals surface area contributed by atoms with Gasteiger partial charge in [-0.15, -0.1) is 0 Å². The molecule has 0 unspecified atom stereocenters. The van der Waals surface area contributed by atoms with Gasteiger partial charge in [0.2, 0.25) is 5.95 Å². The first kappa shape index (κ1) is 17.2. The second-order valence-corrected chi connectivity index (χ2v) is 6.72. The number of rotatable bonds is 3. The van der Waals surface area contributed by atoms with E-state index in [9.17, 15) is 4.79 Å². The smallest absolute Gasteiger partial charge is 0.257 e. The normalized spacial score (nSPS) is 14.4. The molecular formula is C20H22N6O. The van der Waals surface area contributed by atoms with Crippen molar-refractivity contribution < 1.29 is 4.79 Å². The number of carbonyl (C=O) groups excluding carboxylic acids is 1. The fourth-order valence-corrected chi connectivity index (χ4v) is 3.30. The van der Waals surface area contributed by atoms with Gasteiger partial charge in [-0.05, 0) is 32.0 Å². The van der Waals surface area contributed by atoms with E-state index in [1.54, 1.807) is 24.7 Å². The molecule has 0 radical (unpaired) electrons. The third-order valence-electron chi connectivity index (χ3n) is 4.92. The quantitative estimate of drug-likeness (QED) is 0.715. The van der Waals surface area contributed by atoms with Crippen LogP contribution in [0, 0.1) is 13.8 Å². The summed E-state index contributed by atoms with van der Waals surface area (Å²) in [4.78, 5) is 25.5. The molecule has 1 saturated heterocycles. The summed E-state index contributed by atoms with van der Waals surface area (Å²) in [5, 5.41) is 4.43. The second kappa shape index (κ2) is 7.19. The lowest BCUT2D eigenvalue weighted by Crippen LogP contribution is -2.49. The molecule has 1 aliphatic rings. The van der Waals surface area contributed by atoms with Gasteiger partial charge in [-0.25, -0.2) is 14.6 Å². The molecule has 1 amide bonds. The molecule has 0 spiro atoms. The number of amides is 1. The molecule has 7 nitrogen and oxygen atoms in total. The predicted octanol–water partition coefficient (Wildman–Crippen LogP) is 2.24. The molecule has 1 aliphatic heterocycles. The summed E-state index contributed by atoms with van der Waals surface area (Å²) in [7, 11) is 0. The maximum absolute atomic E-state index is 13.0. The molecule has 1 fully saturated rings. The number of aromatic nitrogens is 4. The molecule has 0 atom stereocenters. The minimum atomic E-state index is 0.0273. The van der Waals surface area contributed by atoms with Crippen molar-refractivity contribution in [2.45, 2.75) is 13.8 Å². The van der Waals surface area contributed by atoms with Gasteiger partial charge in [0, 0.05) is 38.6 Å². The molecule has 138 valence electrons. The highest BCUT2D eigenvalue weighted by Crippen LogP contribution is 2.18. The number of piperazine rings is 1. The van der Waals surface area contributed by atoms with Crippen molar-refractivity contribution in [3.05, 3.63) is 65.7 Å². The number of anilines is 1. The Morgan fingerprint density at radius 3 is 2.30 bits per heavy atom. The number of aryl methyl sites for hydroxylation is 1. The van der Waals surface area contributed by atoms with Crippen LogP contribution in [-0.2, 0) is 0 Å². The van der Waals surface area contributed by atoms with Crippen LogP contribution in [0.5, 0.6) is 0 Å². The summed E-state index contributed by atoms with van der Waals surface area (Å²) in [6, 6.07) is 9.92. The van der Waals surface area contributed by atoms with Crippen molar-refractivity contribution in [2.24, 2.45) is 0 Å². The number of benzene rings is 1. The van der Waals surface area contributed by atoms with Gasteiger partial charge in [-0.1, -0.05) is 17.7 Å². The summed E-state index contributed by atoms with van der Waals surface area (Å²) >= 11 is 0. The van der Waals surface area contributed by atoms with E-state index in [1.165, 1.54) is 5.56 Å². The Kier molecular flexibility index (Phi) is 4.58. The molecule has 0 aliphatic carbocycles. The molecule has 27 heavy (non-hydrogen) atoms. The van der Waals surface area contributed by atoms with Crippen molar-refractivity contribution in [3.8, 4) is 5.69 Å². The van der Waals surface area contributed by atoms with Crippen LogP contribution < -0.4 is 4.90 Å². The van der Waals surface area contributed by atoms with Gasteiger partial charge >= 0.3 is 0 Å². The molecule has 0 saturated carbocycles. The Labute approximate surface area is 158 Å². The Morgan fingerprint density at radius 2 is 1.63 bits per heavy atom. The number of hydrogen-bond acceptors (Lipinski definition) is 5. The third-order valence-corrected chi connectivity index (χ3v) is 4.92. The van der Waals surface area contributed by atoms with Crippen LogP contribution in [0.3, 0.4) is 0 Å². The summed E-state index contributed by atoms with van der Waals surface area (Å²) < 4.78 is 1.82. The molecule has 3 heterocycles. The Balaban J connectivity index is 1.47. The Bertz CT molecular complexity index is 927. The fraction of sp³-hybridized carbons (Fsp3) is 0.300. The van der Waals surface area contributed by atoms with Crippen LogP contribution >= 0.6 is 0 Å². The van der Waals surface area contributed by atoms with Gasteiger partial charge < -0.3 is 9.80 Å². The maximum Gasteiger partial charge on any atom is 0.257 e. The molecule has 1 aromatic carbocycles. The van der Waals surface area contributed by atoms with Crippen LogP contribution in [0.25, 0.3) is 5.69 Å². The van der Waals surface area contributed by atoms with Gasteiger partial charge in [0.05, 0.1) is 23.1 Å². The molecule has 7 heteroatoms. The van der Waals surface area contributed by atoms with Crippen LogP contribution in [0.2, 0.25) is 0 Å². The Morgan fingerprint density at radius 1 is 0.963 bits per heavy atom. The van der Waals surface area contributed by atoms with Gasteiger partial charge in [-0.2, -0.15) is 5.10 Å². The van der Waals surface area contributed by atoms with Crippen molar-refractivity contribution in [2.75, 3.05) is 31.1 Å². The van der Waals surface area contributed by atoms with Crippen LogP contribution in [-0.4, -0.2) is 56.7 Å². The fourth-order valence-electron chi connectivity index (χ4n) is 3.30. The van der Waals surface area contributed by atoms with Crippen LogP contribution in [0.15, 0.2) is 48.9 Å². The molecule has 4 rings (SSSR count). The number of carbonyl (C=O) groups is 1. The van der Waals surface area contributed by atoms with Crippen molar-refractivity contribution in [1.82, 2.24) is 24.6 Å². The summed E-state index contributed by atoms with van der Waals surface area (Å²) in [6.45, 7) is 6.73. The van der Waals surface area contributed by atoms with E-state index < -0.39 is 0 Å². The first-order chi connectivity index (χ1) is 13.1. The minimum Gasteiger partial charge on any atom is -0.337 e. The first-order valence-electron chi connectivity index (χ1n) is 9.06. The highest BCUT2D eigenvalue weighted by Gasteiger charge is 2.26. The van der Waals surface area contributed by atoms with E-state index in [2.05, 4.69) is 26.9 Å². The van der Waals surface area contributed by atoms with Crippen molar-refractivity contribution in [3.63, 3.8) is 0 Å². The molecule has 0 N–H and O–H groups in total. The zero-order valence-electron chi connectivity index (χ0n) is 15.5. The molecule has 0 bridgehead atoms. The first-order valence-corrected chi connectivity index (χ1v) is 9.06. The van der Waals surface area contributed by atoms with Crippen molar-refractivity contribution >= 4 is 11.9 Å². The molecule has 3 aromatic rings. The second-order valence-electron chi connectivity index (χ2n) is 6.72. The summed E-state index contributed by atoms with van der Waals surface area (Å²) in [5.41, 5.74) is 3.67. The highest BCUT2D eigenvalue weighted by atomic mass is 16.2. The average Bonchev–Trinajstić information content (AvgIpc) is 3.10. The summed E-state index contributed by atoms with van der Waals surface area (Å²) in [6.07, 6.45) is 5.15. The van der Waals surface area contributed by atoms with E-state index in [1.807, 2.05) is 40.8 Å². The predicted molar refractivity (Wildman–Crippen MR) is 103 cm³/mol. The molecule has 2 aromatic heterocycles. The lowest BCUT2D eigenvalue weighted by molar-refractivity contribution is 0.0745. The van der Waals surface area contributed by atoms with E-state index in [-0.39, 0.29) is 5.91 Å². The Hall–Kier alpha value is -3.22. The summed E-state index contributed by atoms with van der Waals surface area (Å²) in [5.74, 6) is 0.743. The highest BCUT2D eigenvalue weighted by molar-refractivity contribution is 5.95. The molecular weight excluding hydrogens is 340 g/mol. The zero-order chi connectivity index (χ0) is 18.8. The SMILES string of the molecule is Cc1ccc(-n2ncc(C(=O)N3CCN(c4ncccn4)CC3)c2C)cc1. The topological polar surface area (TPSA) is 67.2 Å². The van der Waals surface area contributed by atoms with E-state index in [0.717, 1.165) is 24.5 Å². The number of nitrogens with zero attached hydrogens (tertiary/aromatic N) is 6. The van der Waals surface area contributed by atoms with E-state index >= 15 is 0 Å². The lowest BCUT2D eigenvalue weighted by atomic mass is 10.2. The van der Waals surface area contributed by atoms with Gasteiger partial charge in [0.1, 0.15) is 0 Å². The standard InChI is InChI=1S/C20H22N6O/c1-15-4-6-17(7-5-15)26-16(2)18(14-23-26)19(27)24-10-12-25(13-11-24)20-21-8-3-9-22-20/h3-9,14H,10-13H2,1-2H3. The minimum absolute atomic E-state index is 0.0273. The van der Waals surface area contributed by atoms with Gasteiger partial charge in [-0.3, -0.25) is 4.79 Å². The number of hydrogen-bond donors (Lipinski definition) is 0. The van der Waals surface area contributed by atoms with Gasteiger partial charge in [0.15, 0.2) is 0 Å². The van der Waals surface area contributed by atoms with Crippen LogP contribution in [0.4, 0.5) is 5.95 Å². The van der Waals surface area contributed by atoms with Crippen molar-refractivity contribution in [1.29, 1.82) is 0 Å². The van der Waals surface area contributed by atoms with E-state index in [4.69, 9.17) is 0 Å². The maximum atomic E-state index is 13.0. The largest absolute Gasteiger partial charge is 0.337 e. The lowest BCUT2D eigenvalue weighted by Gasteiger charge is -2.34.